The maximum absolute atomic E-state index is 11.3. The molecule has 0 aliphatic rings. The third-order valence-electron chi connectivity index (χ3n) is 1.73. The Bertz CT molecular complexity index is 381. The maximum atomic E-state index is 11.3. The Kier molecular flexibility index (Phi) is 4.32. The minimum Gasteiger partial charge on any atom is -0.497 e. The molecule has 2 N–H and O–H groups in total. The van der Waals surface area contributed by atoms with Gasteiger partial charge in [0.25, 0.3) is 0 Å². The third-order valence-corrected chi connectivity index (χ3v) is 1.73. The fourth-order valence-corrected chi connectivity index (χ4v) is 0.996. The van der Waals surface area contributed by atoms with Gasteiger partial charge in [0.2, 0.25) is 0 Å². The average molecular weight is 221 g/mol. The van der Waals surface area contributed by atoms with Gasteiger partial charge in [0, 0.05) is 11.4 Å². The first-order chi connectivity index (χ1) is 7.61. The van der Waals surface area contributed by atoms with Crippen LogP contribution in [0.1, 0.15) is 13.8 Å². The van der Waals surface area contributed by atoms with Crippen LogP contribution in [0.15, 0.2) is 29.4 Å². The van der Waals surface area contributed by atoms with Crippen LogP contribution in [0.5, 0.6) is 5.75 Å². The van der Waals surface area contributed by atoms with Gasteiger partial charge in [-0.25, -0.2) is 10.2 Å². The van der Waals surface area contributed by atoms with Crippen molar-refractivity contribution in [3.63, 3.8) is 0 Å². The number of carbonyl (C=O) groups is 1. The van der Waals surface area contributed by atoms with Gasteiger partial charge in [-0.15, -0.1) is 0 Å². The number of anilines is 1. The lowest BCUT2D eigenvalue weighted by molar-refractivity contribution is 0.252. The van der Waals surface area contributed by atoms with Crippen molar-refractivity contribution in [2.24, 2.45) is 5.10 Å². The van der Waals surface area contributed by atoms with Crippen molar-refractivity contribution >= 4 is 17.4 Å². The van der Waals surface area contributed by atoms with Crippen molar-refractivity contribution in [1.82, 2.24) is 5.43 Å². The summed E-state index contributed by atoms with van der Waals surface area (Å²) in [5.41, 5.74) is 3.83. The van der Waals surface area contributed by atoms with Crippen LogP contribution in [-0.4, -0.2) is 18.9 Å². The van der Waals surface area contributed by atoms with Crippen molar-refractivity contribution in [1.29, 1.82) is 0 Å². The fourth-order valence-electron chi connectivity index (χ4n) is 0.996. The quantitative estimate of drug-likeness (QED) is 0.607. The summed E-state index contributed by atoms with van der Waals surface area (Å²) in [5.74, 6) is 0.744. The Morgan fingerprint density at radius 3 is 2.38 bits per heavy atom. The highest BCUT2D eigenvalue weighted by atomic mass is 16.5. The van der Waals surface area contributed by atoms with Gasteiger partial charge in [-0.1, -0.05) is 0 Å². The van der Waals surface area contributed by atoms with Crippen molar-refractivity contribution in [2.45, 2.75) is 13.8 Å². The molecule has 5 heteroatoms. The topological polar surface area (TPSA) is 62.7 Å². The standard InChI is InChI=1S/C11H15N3O2/c1-8(2)13-14-11(15)12-9-4-6-10(16-3)7-5-9/h4-7H,1-3H3,(H2,12,14,15). The van der Waals surface area contributed by atoms with Crippen LogP contribution in [0.25, 0.3) is 0 Å². The van der Waals surface area contributed by atoms with Crippen LogP contribution in [0.4, 0.5) is 10.5 Å². The van der Waals surface area contributed by atoms with E-state index in [1.54, 1.807) is 45.2 Å². The summed E-state index contributed by atoms with van der Waals surface area (Å²) in [6.07, 6.45) is 0. The first-order valence-corrected chi connectivity index (χ1v) is 4.84. The molecule has 0 bridgehead atoms. The van der Waals surface area contributed by atoms with Crippen molar-refractivity contribution in [3.05, 3.63) is 24.3 Å². The van der Waals surface area contributed by atoms with E-state index in [4.69, 9.17) is 4.74 Å². The Hall–Kier alpha value is -2.04. The Balaban J connectivity index is 2.53. The fraction of sp³-hybridized carbons (Fsp3) is 0.273. The lowest BCUT2D eigenvalue weighted by Crippen LogP contribution is -2.24. The van der Waals surface area contributed by atoms with E-state index in [-0.39, 0.29) is 6.03 Å². The highest BCUT2D eigenvalue weighted by molar-refractivity contribution is 5.90. The zero-order valence-corrected chi connectivity index (χ0v) is 9.57. The van der Waals surface area contributed by atoms with Gasteiger partial charge in [0.05, 0.1) is 7.11 Å². The van der Waals surface area contributed by atoms with Gasteiger partial charge in [-0.3, -0.25) is 0 Å². The number of ether oxygens (including phenoxy) is 1. The predicted molar refractivity (Wildman–Crippen MR) is 63.9 cm³/mol. The summed E-state index contributed by atoms with van der Waals surface area (Å²) in [4.78, 5) is 11.3. The number of methoxy groups -OCH3 is 1. The predicted octanol–water partition coefficient (Wildman–Crippen LogP) is 2.21. The van der Waals surface area contributed by atoms with E-state index in [0.29, 0.717) is 5.69 Å². The minimum absolute atomic E-state index is 0.369. The summed E-state index contributed by atoms with van der Waals surface area (Å²) >= 11 is 0. The smallest absolute Gasteiger partial charge is 0.339 e. The molecule has 0 fully saturated rings. The zero-order chi connectivity index (χ0) is 12.0. The molecular weight excluding hydrogens is 206 g/mol. The summed E-state index contributed by atoms with van der Waals surface area (Å²) in [5, 5.41) is 6.42. The molecular formula is C11H15N3O2. The van der Waals surface area contributed by atoms with E-state index in [0.717, 1.165) is 11.5 Å². The molecule has 0 saturated heterocycles. The second-order valence-corrected chi connectivity index (χ2v) is 3.35. The minimum atomic E-state index is -0.369. The SMILES string of the molecule is COc1ccc(NC(=O)NN=C(C)C)cc1. The lowest BCUT2D eigenvalue weighted by atomic mass is 10.3. The number of hydrogen-bond donors (Lipinski definition) is 2. The molecule has 0 aliphatic carbocycles. The molecule has 1 aromatic rings. The third kappa shape index (κ3) is 4.00. The van der Waals surface area contributed by atoms with Crippen LogP contribution >= 0.6 is 0 Å². The van der Waals surface area contributed by atoms with E-state index in [1.165, 1.54) is 0 Å². The van der Waals surface area contributed by atoms with E-state index in [2.05, 4.69) is 15.8 Å². The number of benzene rings is 1. The molecule has 0 radical (unpaired) electrons. The largest absolute Gasteiger partial charge is 0.497 e. The van der Waals surface area contributed by atoms with Crippen LogP contribution in [0.2, 0.25) is 0 Å². The van der Waals surface area contributed by atoms with Crippen molar-refractivity contribution < 1.29 is 9.53 Å². The second-order valence-electron chi connectivity index (χ2n) is 3.35. The van der Waals surface area contributed by atoms with Gasteiger partial charge in [-0.2, -0.15) is 5.10 Å². The number of urea groups is 1. The summed E-state index contributed by atoms with van der Waals surface area (Å²) in [7, 11) is 1.59. The number of hydrogen-bond acceptors (Lipinski definition) is 3. The van der Waals surface area contributed by atoms with Crippen LogP contribution in [-0.2, 0) is 0 Å². The summed E-state index contributed by atoms with van der Waals surface area (Å²) in [6.45, 7) is 3.60. The highest BCUT2D eigenvalue weighted by Gasteiger charge is 1.99. The van der Waals surface area contributed by atoms with Crippen molar-refractivity contribution in [2.75, 3.05) is 12.4 Å². The molecule has 0 saturated carbocycles. The Labute approximate surface area is 94.5 Å². The van der Waals surface area contributed by atoms with E-state index in [1.807, 2.05) is 0 Å². The number of nitrogens with zero attached hydrogens (tertiary/aromatic N) is 1. The molecule has 1 aromatic carbocycles. The average Bonchev–Trinajstić information content (AvgIpc) is 2.27. The number of amides is 2. The molecule has 0 spiro atoms. The first kappa shape index (κ1) is 12.0. The maximum Gasteiger partial charge on any atom is 0.339 e. The molecule has 5 nitrogen and oxygen atoms in total. The Morgan fingerprint density at radius 2 is 1.88 bits per heavy atom. The number of nitrogens with one attached hydrogen (secondary N) is 2. The molecule has 0 aliphatic heterocycles. The summed E-state index contributed by atoms with van der Waals surface area (Å²) < 4.78 is 5.00. The number of carbonyl (C=O) groups excluding carboxylic acids is 1. The monoisotopic (exact) mass is 221 g/mol. The molecule has 0 aromatic heterocycles. The van der Waals surface area contributed by atoms with Gasteiger partial charge in [0.15, 0.2) is 0 Å². The molecule has 2 amide bonds. The van der Waals surface area contributed by atoms with E-state index >= 15 is 0 Å². The molecule has 0 heterocycles. The van der Waals surface area contributed by atoms with Crippen LogP contribution < -0.4 is 15.5 Å². The van der Waals surface area contributed by atoms with Gasteiger partial charge in [0.1, 0.15) is 5.75 Å². The molecule has 16 heavy (non-hydrogen) atoms. The molecule has 86 valence electrons. The van der Waals surface area contributed by atoms with Crippen molar-refractivity contribution in [3.8, 4) is 5.75 Å². The molecule has 0 atom stereocenters. The van der Waals surface area contributed by atoms with Gasteiger partial charge in [-0.05, 0) is 38.1 Å². The lowest BCUT2D eigenvalue weighted by Gasteiger charge is -2.05. The second kappa shape index (κ2) is 5.75. The molecule has 1 rings (SSSR count). The summed E-state index contributed by atoms with van der Waals surface area (Å²) in [6, 6.07) is 6.67. The highest BCUT2D eigenvalue weighted by Crippen LogP contribution is 2.14. The molecule has 0 unspecified atom stereocenters. The number of rotatable bonds is 3. The van der Waals surface area contributed by atoms with Gasteiger partial charge >= 0.3 is 6.03 Å². The van der Waals surface area contributed by atoms with Gasteiger partial charge < -0.3 is 10.1 Å². The normalized spacial score (nSPS) is 9.19. The van der Waals surface area contributed by atoms with E-state index in [9.17, 15) is 4.79 Å². The first-order valence-electron chi connectivity index (χ1n) is 4.84. The van der Waals surface area contributed by atoms with Crippen LogP contribution in [0.3, 0.4) is 0 Å². The number of hydrazone groups is 1. The van der Waals surface area contributed by atoms with E-state index < -0.39 is 0 Å². The zero-order valence-electron chi connectivity index (χ0n) is 9.57. The Morgan fingerprint density at radius 1 is 1.25 bits per heavy atom. The van der Waals surface area contributed by atoms with Crippen LogP contribution in [0, 0.1) is 0 Å².